The van der Waals surface area contributed by atoms with Gasteiger partial charge in [0.15, 0.2) is 0 Å². The topological polar surface area (TPSA) is 13.0 Å². The number of piperidine rings is 1. The van der Waals surface area contributed by atoms with Gasteiger partial charge in [-0.1, -0.05) is 117 Å². The minimum Gasteiger partial charge on any atom is -0.301 e. The molecule has 54 heavy (non-hydrogen) atoms. The summed E-state index contributed by atoms with van der Waals surface area (Å²) in [5, 5.41) is 0. The lowest BCUT2D eigenvalue weighted by molar-refractivity contribution is 0.0408. The zero-order chi connectivity index (χ0) is 43.1. The standard InChI is InChI=1S/C12H25N.C11H23N.C10H21N.C9H19N.4C2H6/c1-10(2)12-7-5-6-8-13(9-12)11(3)4;1-9(2)11-6-5-7-12(8-11)10(3)4;1-8(2)10-5-6-11(7-10)9(3)4;1-7(2)9-5-10(6-9)8(3)4;4*1-2/h10-12H,5-9H2,1-4H3;9-11H,5-8H2,1-4H3;8-10H,5-7H2,1-4H3;7-9H,5-6H2,1-4H3;4*1-2H3. The van der Waals surface area contributed by atoms with Gasteiger partial charge in [-0.15, -0.1) is 0 Å². The van der Waals surface area contributed by atoms with Crippen LogP contribution in [0.15, 0.2) is 0 Å². The van der Waals surface area contributed by atoms with E-state index in [1.165, 1.54) is 90.9 Å². The van der Waals surface area contributed by atoms with Crippen molar-refractivity contribution in [3.05, 3.63) is 0 Å². The van der Waals surface area contributed by atoms with Gasteiger partial charge >= 0.3 is 0 Å². The highest BCUT2D eigenvalue weighted by molar-refractivity contribution is 4.83. The van der Waals surface area contributed by atoms with E-state index in [9.17, 15) is 0 Å². The van der Waals surface area contributed by atoms with Crippen LogP contribution < -0.4 is 0 Å². The molecule has 0 saturated carbocycles. The van der Waals surface area contributed by atoms with Crippen LogP contribution in [-0.4, -0.2) is 96.1 Å². The van der Waals surface area contributed by atoms with Crippen molar-refractivity contribution < 1.29 is 0 Å². The highest BCUT2D eigenvalue weighted by atomic mass is 15.2. The molecule has 3 atom stereocenters. The smallest absolute Gasteiger partial charge is 0.00388 e. The van der Waals surface area contributed by atoms with Gasteiger partial charge in [0.25, 0.3) is 0 Å². The number of rotatable bonds is 8. The maximum Gasteiger partial charge on any atom is 0.00388 e. The van der Waals surface area contributed by atoms with E-state index in [4.69, 9.17) is 0 Å². The largest absolute Gasteiger partial charge is 0.301 e. The molecule has 0 aromatic rings. The minimum atomic E-state index is 0.736. The van der Waals surface area contributed by atoms with Crippen molar-refractivity contribution in [3.63, 3.8) is 0 Å². The molecule has 0 spiro atoms. The SMILES string of the molecule is CC.CC.CC.CC.CC(C)C1CCCCN(C(C)C)C1.CC(C)C1CCCN(C(C)C)C1.CC(C)C1CCN(C(C)C)C1.CC(C)C1CN(C(C)C)C1. The Morgan fingerprint density at radius 2 is 0.537 bits per heavy atom. The van der Waals surface area contributed by atoms with Gasteiger partial charge in [-0.05, 0) is 154 Å². The molecule has 332 valence electrons. The third-order valence-electron chi connectivity index (χ3n) is 12.1. The lowest BCUT2D eigenvalue weighted by Crippen LogP contribution is -2.51. The molecule has 4 aliphatic rings. The third kappa shape index (κ3) is 27.5. The van der Waals surface area contributed by atoms with E-state index in [0.29, 0.717) is 0 Å². The Hall–Kier alpha value is -0.160. The van der Waals surface area contributed by atoms with E-state index in [1.807, 2.05) is 55.4 Å². The molecule has 4 nitrogen and oxygen atoms in total. The summed E-state index contributed by atoms with van der Waals surface area (Å²) in [6, 6.07) is 2.99. The molecule has 0 bridgehead atoms. The quantitative estimate of drug-likeness (QED) is 0.244. The van der Waals surface area contributed by atoms with Crippen LogP contribution in [0.5, 0.6) is 0 Å². The monoisotopic (exact) mass is 769 g/mol. The fourth-order valence-electron chi connectivity index (χ4n) is 7.49. The maximum atomic E-state index is 2.65. The Morgan fingerprint density at radius 1 is 0.278 bits per heavy atom. The molecule has 0 aliphatic carbocycles. The number of nitrogens with zero attached hydrogens (tertiary/aromatic N) is 4. The molecule has 4 aliphatic heterocycles. The summed E-state index contributed by atoms with van der Waals surface area (Å²) in [4.78, 5) is 10.4. The average Bonchev–Trinajstić information content (AvgIpc) is 3.50. The van der Waals surface area contributed by atoms with Crippen molar-refractivity contribution in [2.75, 3.05) is 52.4 Å². The first-order valence-corrected chi connectivity index (χ1v) is 24.4. The van der Waals surface area contributed by atoms with E-state index < -0.39 is 0 Å². The lowest BCUT2D eigenvalue weighted by atomic mass is 9.87. The van der Waals surface area contributed by atoms with Crippen molar-refractivity contribution in [3.8, 4) is 0 Å². The zero-order valence-electron chi connectivity index (χ0n) is 42.6. The molecular formula is C50H112N4. The fraction of sp³-hybridized carbons (Fsp3) is 1.00. The summed E-state index contributed by atoms with van der Waals surface area (Å²) in [5.74, 6) is 7.30. The van der Waals surface area contributed by atoms with Gasteiger partial charge in [0.1, 0.15) is 0 Å². The predicted molar refractivity (Wildman–Crippen MR) is 253 cm³/mol. The molecule has 0 aromatic carbocycles. The Morgan fingerprint density at radius 3 is 0.815 bits per heavy atom. The first-order chi connectivity index (χ1) is 25.4. The fourth-order valence-corrected chi connectivity index (χ4v) is 7.49. The second kappa shape index (κ2) is 37.1. The van der Waals surface area contributed by atoms with E-state index in [-0.39, 0.29) is 0 Å². The number of hydrogen-bond donors (Lipinski definition) is 0. The first kappa shape index (κ1) is 60.5. The summed E-state index contributed by atoms with van der Waals surface area (Å²) in [7, 11) is 0. The summed E-state index contributed by atoms with van der Waals surface area (Å²) < 4.78 is 0. The van der Waals surface area contributed by atoms with Crippen LogP contribution in [-0.2, 0) is 0 Å². The van der Waals surface area contributed by atoms with E-state index in [0.717, 1.165) is 71.5 Å². The highest BCUT2D eigenvalue weighted by Gasteiger charge is 2.30. The zero-order valence-corrected chi connectivity index (χ0v) is 42.6. The molecule has 0 N–H and O–H groups in total. The number of likely N-dealkylation sites (tertiary alicyclic amines) is 4. The minimum absolute atomic E-state index is 0.736. The Kier molecular flexibility index (Phi) is 41.6. The summed E-state index contributed by atoms with van der Waals surface area (Å²) >= 11 is 0. The normalized spacial score (nSPS) is 22.6. The molecule has 4 heterocycles. The van der Waals surface area contributed by atoms with Crippen LogP contribution in [0.3, 0.4) is 0 Å². The highest BCUT2D eigenvalue weighted by Crippen LogP contribution is 2.27. The van der Waals surface area contributed by atoms with E-state index in [2.05, 4.69) is 130 Å². The first-order valence-electron chi connectivity index (χ1n) is 24.4. The van der Waals surface area contributed by atoms with Crippen LogP contribution in [0.4, 0.5) is 0 Å². The van der Waals surface area contributed by atoms with Crippen molar-refractivity contribution in [2.45, 2.75) is 229 Å². The summed E-state index contributed by atoms with van der Waals surface area (Å²) in [6.07, 6.45) is 8.55. The Bertz CT molecular complexity index is 681. The Labute approximate surface area is 347 Å². The predicted octanol–water partition coefficient (Wildman–Crippen LogP) is 14.4. The molecule has 4 heteroatoms. The van der Waals surface area contributed by atoms with Crippen LogP contribution in [0.2, 0.25) is 0 Å². The van der Waals surface area contributed by atoms with Crippen LogP contribution in [0.1, 0.15) is 205 Å². The van der Waals surface area contributed by atoms with Gasteiger partial charge < -0.3 is 19.6 Å². The third-order valence-corrected chi connectivity index (χ3v) is 12.1. The van der Waals surface area contributed by atoms with Gasteiger partial charge in [-0.2, -0.15) is 0 Å². The number of hydrogen-bond acceptors (Lipinski definition) is 4. The molecule has 0 radical (unpaired) electrons. The molecule has 4 rings (SSSR count). The van der Waals surface area contributed by atoms with Crippen LogP contribution >= 0.6 is 0 Å². The lowest BCUT2D eigenvalue weighted by Gasteiger charge is -2.44. The summed E-state index contributed by atoms with van der Waals surface area (Å²) in [6.45, 7) is 63.8. The van der Waals surface area contributed by atoms with Gasteiger partial charge in [0, 0.05) is 56.9 Å². The van der Waals surface area contributed by atoms with Gasteiger partial charge in [-0.3, -0.25) is 0 Å². The van der Waals surface area contributed by atoms with Crippen LogP contribution in [0, 0.1) is 47.3 Å². The Balaban J connectivity index is -0.000000291. The van der Waals surface area contributed by atoms with Crippen molar-refractivity contribution in [2.24, 2.45) is 47.3 Å². The summed E-state index contributed by atoms with van der Waals surface area (Å²) in [5.41, 5.74) is 0. The van der Waals surface area contributed by atoms with Gasteiger partial charge in [-0.25, -0.2) is 0 Å². The van der Waals surface area contributed by atoms with Crippen LogP contribution in [0.25, 0.3) is 0 Å². The molecule has 3 unspecified atom stereocenters. The second-order valence-corrected chi connectivity index (χ2v) is 18.3. The van der Waals surface area contributed by atoms with E-state index >= 15 is 0 Å². The molecule has 0 aromatic heterocycles. The van der Waals surface area contributed by atoms with Crippen molar-refractivity contribution >= 4 is 0 Å². The van der Waals surface area contributed by atoms with Gasteiger partial charge in [0.05, 0.1) is 0 Å². The maximum absolute atomic E-state index is 2.65. The average molecular weight is 769 g/mol. The van der Waals surface area contributed by atoms with Gasteiger partial charge in [0.2, 0.25) is 0 Å². The van der Waals surface area contributed by atoms with Crippen molar-refractivity contribution in [1.29, 1.82) is 0 Å². The van der Waals surface area contributed by atoms with E-state index in [1.54, 1.807) is 0 Å². The second-order valence-electron chi connectivity index (χ2n) is 18.3. The molecule has 0 amide bonds. The molecular weight excluding hydrogens is 657 g/mol. The molecule has 4 saturated heterocycles. The molecule has 4 fully saturated rings. The van der Waals surface area contributed by atoms with Crippen molar-refractivity contribution in [1.82, 2.24) is 19.6 Å².